The number of primary amides is 1. The quantitative estimate of drug-likeness (QED) is 0.0183. The summed E-state index contributed by atoms with van der Waals surface area (Å²) in [6.07, 6.45) is -4.18. The van der Waals surface area contributed by atoms with E-state index in [4.69, 9.17) is 25.1 Å². The number of aliphatic hydroxyl groups is 6. The number of aliphatic carboxylic acids is 1. The van der Waals surface area contributed by atoms with Crippen LogP contribution in [0.1, 0.15) is 52.5 Å². The molecule has 1 aromatic carbocycles. The van der Waals surface area contributed by atoms with Gasteiger partial charge in [-0.2, -0.15) is 0 Å². The number of ether oxygens (including phenoxy) is 3. The Labute approximate surface area is 414 Å². The van der Waals surface area contributed by atoms with Crippen LogP contribution in [0.4, 0.5) is 16.2 Å². The van der Waals surface area contributed by atoms with Gasteiger partial charge in [0.1, 0.15) is 47.6 Å². The van der Waals surface area contributed by atoms with Crippen LogP contribution in [-0.2, 0) is 39.8 Å². The molecule has 12 atom stereocenters. The van der Waals surface area contributed by atoms with Gasteiger partial charge in [0, 0.05) is 68.0 Å². The first kappa shape index (κ1) is 61.3. The molecule has 1 heterocycles. The van der Waals surface area contributed by atoms with Gasteiger partial charge < -0.3 is 87.2 Å². The third-order valence-electron chi connectivity index (χ3n) is 11.3. The number of phenolic OH excluding ortho intramolecular Hbond substituents is 2. The van der Waals surface area contributed by atoms with Crippen molar-refractivity contribution < 1.29 is 84.1 Å². The van der Waals surface area contributed by atoms with Gasteiger partial charge in [-0.05, 0) is 51.6 Å². The molecule has 70 heavy (non-hydrogen) atoms. The summed E-state index contributed by atoms with van der Waals surface area (Å²) in [6, 6.07) is -1.21. The Hall–Kier alpha value is -4.80. The van der Waals surface area contributed by atoms with Crippen molar-refractivity contribution in [2.24, 2.45) is 22.6 Å². The van der Waals surface area contributed by atoms with Gasteiger partial charge in [-0.1, -0.05) is 59.7 Å². The first-order valence-electron chi connectivity index (χ1n) is 22.2. The molecule has 4 amide bonds. The largest absolute Gasteiger partial charge is 0.506 e. The Balaban J connectivity index is 2.24. The topological polar surface area (TPSA) is 382 Å². The highest BCUT2D eigenvalue weighted by atomic mass is 33.1. The Morgan fingerprint density at radius 1 is 1.03 bits per heavy atom. The van der Waals surface area contributed by atoms with Crippen molar-refractivity contribution in [1.29, 1.82) is 0 Å². The van der Waals surface area contributed by atoms with Crippen molar-refractivity contribution in [2.75, 3.05) is 51.2 Å². The number of methoxy groups -OCH3 is 2. The third-order valence-corrected chi connectivity index (χ3v) is 13.5. The number of amides is 4. The van der Waals surface area contributed by atoms with Crippen LogP contribution in [0.25, 0.3) is 0 Å². The molecule has 2 bridgehead atoms. The highest BCUT2D eigenvalue weighted by Gasteiger charge is 2.32. The number of carbonyl (C=O) groups excluding carboxylic acids is 4. The van der Waals surface area contributed by atoms with Gasteiger partial charge in [0.2, 0.25) is 11.8 Å². The second-order valence-electron chi connectivity index (χ2n) is 16.7. The first-order valence-corrected chi connectivity index (χ1v) is 24.7. The number of nitrogens with two attached hydrogens (primary N) is 1. The first-order chi connectivity index (χ1) is 33.0. The van der Waals surface area contributed by atoms with Crippen molar-refractivity contribution >= 4 is 69.0 Å². The summed E-state index contributed by atoms with van der Waals surface area (Å²) in [7, 11) is 6.54. The molecule has 0 radical (unpaired) electrons. The maximum atomic E-state index is 13.3. The number of carboxylic acid groups (broad SMARTS) is 1. The van der Waals surface area contributed by atoms with Gasteiger partial charge in [0.05, 0.1) is 36.6 Å². The number of rotatable bonds is 22. The fourth-order valence-electron chi connectivity index (χ4n) is 7.18. The van der Waals surface area contributed by atoms with E-state index in [1.165, 1.54) is 57.4 Å². The van der Waals surface area contributed by atoms with Crippen molar-refractivity contribution in [3.05, 3.63) is 47.1 Å². The van der Waals surface area contributed by atoms with E-state index >= 15 is 0 Å². The minimum Gasteiger partial charge on any atom is -0.506 e. The predicted octanol–water partition coefficient (Wildman–Crippen LogP) is 0.132. The van der Waals surface area contributed by atoms with Gasteiger partial charge in [0.15, 0.2) is 6.10 Å². The summed E-state index contributed by atoms with van der Waals surface area (Å²) in [6.45, 7) is 5.42. The number of nitrogens with one attached hydrogen (secondary N) is 4. The molecular weight excluding hydrogens is 961 g/mol. The molecular formula is C45H70N6O17S2. The molecule has 1 aliphatic heterocycles. The fourth-order valence-corrected chi connectivity index (χ4v) is 9.04. The van der Waals surface area contributed by atoms with E-state index in [0.29, 0.717) is 5.57 Å². The number of likely N-dealkylation sites (N-methyl/N-ethyl adjacent to an activating group) is 1. The number of carbonyl (C=O) groups is 5. The summed E-state index contributed by atoms with van der Waals surface area (Å²) < 4.78 is 16.7. The monoisotopic (exact) mass is 1030 g/mol. The molecule has 25 heteroatoms. The number of anilines is 1. The lowest BCUT2D eigenvalue weighted by Gasteiger charge is -2.29. The van der Waals surface area contributed by atoms with E-state index in [9.17, 15) is 64.8 Å². The number of carboxylic acids is 1. The fraction of sp³-hybridized carbons (Fsp3) is 0.600. The van der Waals surface area contributed by atoms with Gasteiger partial charge in [-0.15, -0.1) is 0 Å². The average molecular weight is 1030 g/mol. The Morgan fingerprint density at radius 2 is 1.70 bits per heavy atom. The van der Waals surface area contributed by atoms with Crippen LogP contribution in [0.15, 0.2) is 46.5 Å². The minimum absolute atomic E-state index is 0.00509. The standard InChI is InChI=1S/C45H70N6O17S2/c1-22-15-26-36(48-13-14-69-70-21-29(44(63)64)51-43(62)27(47-5)11-12-35(56)49-19-31(54)39(59)40(60)32(55)20-52)30(53)18-28(38(26)58)50-42(61)23(2)9-8-10-33(66-6)41(68-45(46)65)25(4)17-24(3)37(57)34(16-22)67-7/h8-10,13,17-18,22,24,27,29,31-34,37,39-41,47,52-55,57-60H,11-12,14-16,19-21H2,1-7H3,(H2,46,65)(H,49,56)(H,50,61)(H,51,62)(H,63,64)/b10-8-,23-9?,25-17?,48-13?/t22-,24+,27+,29+,31+,32-,33+,34+,37-,39-,40-,41+/m1/s1. The van der Waals surface area contributed by atoms with Crippen LogP contribution >= 0.6 is 21.6 Å². The van der Waals surface area contributed by atoms with Gasteiger partial charge in [-0.3, -0.25) is 19.4 Å². The molecule has 0 saturated carbocycles. The molecule has 0 aliphatic carbocycles. The van der Waals surface area contributed by atoms with Crippen LogP contribution in [0.2, 0.25) is 0 Å². The molecule has 1 aliphatic rings. The number of aliphatic imine (C=N–C) groups is 1. The van der Waals surface area contributed by atoms with Crippen molar-refractivity contribution in [3.8, 4) is 11.5 Å². The van der Waals surface area contributed by atoms with Crippen LogP contribution in [0.5, 0.6) is 11.5 Å². The van der Waals surface area contributed by atoms with Crippen molar-refractivity contribution in [2.45, 2.75) is 114 Å². The average Bonchev–Trinajstić information content (AvgIpc) is 3.31. The number of benzene rings is 1. The number of aromatic hydroxyl groups is 2. The molecule has 2 rings (SSSR count). The zero-order valence-corrected chi connectivity index (χ0v) is 41.8. The van der Waals surface area contributed by atoms with Crippen molar-refractivity contribution in [3.63, 3.8) is 0 Å². The molecule has 0 fully saturated rings. The van der Waals surface area contributed by atoms with E-state index in [-0.39, 0.29) is 77.1 Å². The Kier molecular flexibility index (Phi) is 27.0. The predicted molar refractivity (Wildman–Crippen MR) is 263 cm³/mol. The number of allylic oxidation sites excluding steroid dienone is 2. The van der Waals surface area contributed by atoms with Gasteiger partial charge in [-0.25, -0.2) is 9.59 Å². The van der Waals surface area contributed by atoms with Gasteiger partial charge >= 0.3 is 12.1 Å². The van der Waals surface area contributed by atoms with Crippen LogP contribution < -0.4 is 27.0 Å². The minimum atomic E-state index is -1.88. The zero-order chi connectivity index (χ0) is 52.8. The lowest BCUT2D eigenvalue weighted by molar-refractivity contribution is -0.141. The number of aliphatic hydroxyl groups excluding tert-OH is 6. The Bertz CT molecular complexity index is 2030. The highest BCUT2D eigenvalue weighted by molar-refractivity contribution is 8.76. The lowest BCUT2D eigenvalue weighted by Crippen LogP contribution is -2.51. The maximum absolute atomic E-state index is 13.3. The normalized spacial score (nSPS) is 23.6. The molecule has 0 saturated heterocycles. The van der Waals surface area contributed by atoms with Crippen LogP contribution in [0.3, 0.4) is 0 Å². The van der Waals surface area contributed by atoms with Crippen LogP contribution in [-0.4, -0.2) is 189 Å². The molecule has 0 aromatic heterocycles. The number of phenols is 2. The number of fused-ring (bicyclic) bond motifs is 2. The molecule has 0 spiro atoms. The summed E-state index contributed by atoms with van der Waals surface area (Å²) in [5.41, 5.74) is 6.17. The number of nitrogens with zero attached hydrogens (tertiary/aromatic N) is 1. The van der Waals surface area contributed by atoms with Crippen LogP contribution in [0, 0.1) is 11.8 Å². The second-order valence-corrected chi connectivity index (χ2v) is 19.3. The van der Waals surface area contributed by atoms with E-state index in [2.05, 4.69) is 26.3 Å². The second kappa shape index (κ2) is 30.8. The summed E-state index contributed by atoms with van der Waals surface area (Å²) >= 11 is 0. The van der Waals surface area contributed by atoms with Crippen molar-refractivity contribution in [1.82, 2.24) is 16.0 Å². The maximum Gasteiger partial charge on any atom is 0.405 e. The summed E-state index contributed by atoms with van der Waals surface area (Å²) in [4.78, 5) is 67.2. The highest BCUT2D eigenvalue weighted by Crippen LogP contribution is 2.44. The molecule has 15 N–H and O–H groups in total. The Morgan fingerprint density at radius 3 is 2.30 bits per heavy atom. The SMILES string of the molecule is CN[C@@H](CCC(=O)NC[C@H](O)[C@@H](O)[C@H](O)[C@H](O)CO)C(=O)N[C@@H](CSSCC=Nc1c(O)cc2c(O)c1C[C@@H](C)C[C@H](OC)[C@H](O)[C@@H](C)C=C(C)[C@H](OC(N)=O)[C@@H](OC)/C=C\C=C(C)C(=O)N2)C(=O)O. The summed E-state index contributed by atoms with van der Waals surface area (Å²) in [5.74, 6) is -4.87. The molecule has 1 aromatic rings. The smallest absolute Gasteiger partial charge is 0.405 e. The van der Waals surface area contributed by atoms with E-state index in [0.717, 1.165) is 16.9 Å². The van der Waals surface area contributed by atoms with E-state index < -0.39 is 110 Å². The van der Waals surface area contributed by atoms with E-state index in [1.807, 2.05) is 6.92 Å². The molecule has 0 unspecified atom stereocenters. The molecule has 23 nitrogen and oxygen atoms in total. The lowest BCUT2D eigenvalue weighted by atomic mass is 9.87. The third kappa shape index (κ3) is 19.4. The zero-order valence-electron chi connectivity index (χ0n) is 40.2. The number of hydrogen-bond donors (Lipinski definition) is 14. The molecule has 394 valence electrons. The van der Waals surface area contributed by atoms with E-state index in [1.54, 1.807) is 26.0 Å². The number of hydrogen-bond acceptors (Lipinski definition) is 20. The van der Waals surface area contributed by atoms with Gasteiger partial charge in [0.25, 0.3) is 5.91 Å². The summed E-state index contributed by atoms with van der Waals surface area (Å²) in [5, 5.41) is 102.